The third-order valence-electron chi connectivity index (χ3n) is 12.4. The molecule has 2 heterocycles. The Kier molecular flexibility index (Phi) is 9.55. The molecule has 11 rings (SSSR count). The van der Waals surface area contributed by atoms with Crippen molar-refractivity contribution >= 4 is 44.4 Å². The Labute approximate surface area is 347 Å². The quantitative estimate of drug-likeness (QED) is 0.165. The maximum absolute atomic E-state index is 2.52. The van der Waals surface area contributed by atoms with Gasteiger partial charge in [-0.2, -0.15) is 0 Å². The zero-order valence-electron chi connectivity index (χ0n) is 34.1. The first-order chi connectivity index (χ1) is 29.0. The van der Waals surface area contributed by atoms with Crippen LogP contribution in [0.15, 0.2) is 199 Å². The zero-order valence-corrected chi connectivity index (χ0v) is 34.1. The van der Waals surface area contributed by atoms with Crippen LogP contribution in [0.4, 0.5) is 0 Å². The van der Waals surface area contributed by atoms with Crippen LogP contribution in [0.2, 0.25) is 0 Å². The minimum absolute atomic E-state index is 1.04. The Bertz CT molecular complexity index is 3100. The molecule has 0 N–H and O–H groups in total. The first kappa shape index (κ1) is 36.4. The summed E-state index contributed by atoms with van der Waals surface area (Å²) in [4.78, 5) is 0. The first-order valence-corrected chi connectivity index (χ1v) is 21.0. The second-order valence-electron chi connectivity index (χ2n) is 16.2. The van der Waals surface area contributed by atoms with E-state index in [1.807, 2.05) is 18.2 Å². The number of nitrogens with zero attached hydrogens (tertiary/aromatic N) is 2. The Hall–Kier alpha value is -6.90. The summed E-state index contributed by atoms with van der Waals surface area (Å²) in [5.74, 6) is 0. The third-order valence-corrected chi connectivity index (χ3v) is 12.4. The molecule has 286 valence electrons. The van der Waals surface area contributed by atoms with Crippen LogP contribution < -0.4 is 0 Å². The van der Waals surface area contributed by atoms with Gasteiger partial charge in [-0.3, -0.25) is 0 Å². The van der Waals surface area contributed by atoms with E-state index in [9.17, 15) is 0 Å². The van der Waals surface area contributed by atoms with Gasteiger partial charge < -0.3 is 9.13 Å². The lowest BCUT2D eigenvalue weighted by Crippen LogP contribution is -2.08. The van der Waals surface area contributed by atoms with E-state index in [-0.39, 0.29) is 0 Å². The SMILES string of the molecule is CC1=C(c2cc(-c3ccc4c(c3)c3ccccc3n4-c3ccccc3)ccc2C)C=C(C2=Cc3c(n(-c4ccccc4)c4ccccc34)CC2)CC1.Cc1ccccc1. The van der Waals surface area contributed by atoms with Crippen LogP contribution in [0.1, 0.15) is 54.1 Å². The lowest BCUT2D eigenvalue weighted by Gasteiger charge is -2.24. The highest BCUT2D eigenvalue weighted by molar-refractivity contribution is 6.10. The van der Waals surface area contributed by atoms with Crippen molar-refractivity contribution < 1.29 is 0 Å². The molecule has 2 heteroatoms. The van der Waals surface area contributed by atoms with Gasteiger partial charge in [0.05, 0.1) is 16.6 Å². The molecule has 9 aromatic rings. The highest BCUT2D eigenvalue weighted by Gasteiger charge is 2.24. The molecule has 2 nitrogen and oxygen atoms in total. The molecular weight excluding hydrogens is 713 g/mol. The monoisotopic (exact) mass is 760 g/mol. The summed E-state index contributed by atoms with van der Waals surface area (Å²) >= 11 is 0. The molecule has 2 aliphatic rings. The number of hydrogen-bond donors (Lipinski definition) is 0. The highest BCUT2D eigenvalue weighted by atomic mass is 15.0. The van der Waals surface area contributed by atoms with Crippen LogP contribution in [-0.4, -0.2) is 9.13 Å². The number of aryl methyl sites for hydroxylation is 2. The third kappa shape index (κ3) is 6.75. The van der Waals surface area contributed by atoms with Crippen LogP contribution in [-0.2, 0) is 6.42 Å². The summed E-state index contributed by atoms with van der Waals surface area (Å²) in [6.45, 7) is 6.68. The van der Waals surface area contributed by atoms with Gasteiger partial charge >= 0.3 is 0 Å². The molecule has 0 atom stereocenters. The second kappa shape index (κ2) is 15.5. The fourth-order valence-corrected chi connectivity index (χ4v) is 9.37. The molecule has 2 aromatic heterocycles. The molecule has 7 aromatic carbocycles. The van der Waals surface area contributed by atoms with Gasteiger partial charge in [0.25, 0.3) is 0 Å². The lowest BCUT2D eigenvalue weighted by molar-refractivity contribution is 0.831. The number of allylic oxidation sites excluding steroid dienone is 5. The molecular formula is C57H48N2. The van der Waals surface area contributed by atoms with Crippen molar-refractivity contribution in [1.29, 1.82) is 0 Å². The van der Waals surface area contributed by atoms with Crippen LogP contribution in [0.25, 0.3) is 66.9 Å². The van der Waals surface area contributed by atoms with Crippen molar-refractivity contribution in [2.24, 2.45) is 0 Å². The molecule has 0 spiro atoms. The smallest absolute Gasteiger partial charge is 0.0541 e. The van der Waals surface area contributed by atoms with E-state index in [1.165, 1.54) is 105 Å². The van der Waals surface area contributed by atoms with E-state index < -0.39 is 0 Å². The number of rotatable bonds is 5. The molecule has 0 saturated heterocycles. The minimum atomic E-state index is 1.04. The summed E-state index contributed by atoms with van der Waals surface area (Å²) in [7, 11) is 0. The number of para-hydroxylation sites is 4. The topological polar surface area (TPSA) is 9.86 Å². The van der Waals surface area contributed by atoms with Crippen molar-refractivity contribution in [2.45, 2.75) is 46.5 Å². The molecule has 0 amide bonds. The van der Waals surface area contributed by atoms with Gasteiger partial charge in [0.1, 0.15) is 0 Å². The average molecular weight is 761 g/mol. The largest absolute Gasteiger partial charge is 0.313 e. The summed E-state index contributed by atoms with van der Waals surface area (Å²) in [5, 5.41) is 3.91. The summed E-state index contributed by atoms with van der Waals surface area (Å²) in [6, 6.07) is 63.6. The molecule has 0 fully saturated rings. The van der Waals surface area contributed by atoms with Gasteiger partial charge in [-0.1, -0.05) is 139 Å². The van der Waals surface area contributed by atoms with Gasteiger partial charge in [0.15, 0.2) is 0 Å². The minimum Gasteiger partial charge on any atom is -0.313 e. The average Bonchev–Trinajstić information content (AvgIpc) is 3.80. The van der Waals surface area contributed by atoms with E-state index in [1.54, 1.807) is 0 Å². The van der Waals surface area contributed by atoms with Gasteiger partial charge in [0, 0.05) is 38.8 Å². The normalized spacial score (nSPS) is 13.9. The Balaban J connectivity index is 0.000000547. The van der Waals surface area contributed by atoms with Gasteiger partial charge in [0.2, 0.25) is 0 Å². The van der Waals surface area contributed by atoms with E-state index in [0.29, 0.717) is 0 Å². The van der Waals surface area contributed by atoms with Crippen molar-refractivity contribution in [3.05, 3.63) is 227 Å². The number of aromatic nitrogens is 2. The number of hydrogen-bond acceptors (Lipinski definition) is 0. The van der Waals surface area contributed by atoms with Gasteiger partial charge in [-0.05, 0) is 146 Å². The number of fused-ring (bicyclic) bond motifs is 6. The van der Waals surface area contributed by atoms with Gasteiger partial charge in [-0.25, -0.2) is 0 Å². The van der Waals surface area contributed by atoms with E-state index in [2.05, 4.69) is 200 Å². The fourth-order valence-electron chi connectivity index (χ4n) is 9.37. The predicted octanol–water partition coefficient (Wildman–Crippen LogP) is 15.2. The molecule has 0 aliphatic heterocycles. The Morgan fingerprint density at radius 1 is 0.407 bits per heavy atom. The van der Waals surface area contributed by atoms with Crippen LogP contribution in [0.3, 0.4) is 0 Å². The van der Waals surface area contributed by atoms with Crippen molar-refractivity contribution in [3.63, 3.8) is 0 Å². The first-order valence-electron chi connectivity index (χ1n) is 21.0. The van der Waals surface area contributed by atoms with Gasteiger partial charge in [-0.15, -0.1) is 0 Å². The molecule has 0 bridgehead atoms. The molecule has 0 radical (unpaired) electrons. The maximum Gasteiger partial charge on any atom is 0.0541 e. The molecule has 59 heavy (non-hydrogen) atoms. The highest BCUT2D eigenvalue weighted by Crippen LogP contribution is 2.43. The van der Waals surface area contributed by atoms with Crippen LogP contribution >= 0.6 is 0 Å². The Morgan fingerprint density at radius 3 is 1.64 bits per heavy atom. The van der Waals surface area contributed by atoms with Crippen LogP contribution in [0, 0.1) is 13.8 Å². The van der Waals surface area contributed by atoms with Crippen molar-refractivity contribution in [3.8, 4) is 22.5 Å². The van der Waals surface area contributed by atoms with Crippen LogP contribution in [0.5, 0.6) is 0 Å². The predicted molar refractivity (Wildman–Crippen MR) is 252 cm³/mol. The zero-order chi connectivity index (χ0) is 39.9. The van der Waals surface area contributed by atoms with E-state index in [0.717, 1.165) is 25.7 Å². The summed E-state index contributed by atoms with van der Waals surface area (Å²) < 4.78 is 4.87. The van der Waals surface area contributed by atoms with Crippen molar-refractivity contribution in [1.82, 2.24) is 9.13 Å². The molecule has 0 saturated carbocycles. The summed E-state index contributed by atoms with van der Waals surface area (Å²) in [6.07, 6.45) is 9.31. The van der Waals surface area contributed by atoms with E-state index >= 15 is 0 Å². The second-order valence-corrected chi connectivity index (χ2v) is 16.2. The number of benzene rings is 7. The molecule has 2 aliphatic carbocycles. The Morgan fingerprint density at radius 2 is 0.949 bits per heavy atom. The van der Waals surface area contributed by atoms with E-state index in [4.69, 9.17) is 0 Å². The lowest BCUT2D eigenvalue weighted by atomic mass is 9.81. The standard InChI is InChI=1S/C50H40N2.C7H8/c1-33-21-23-35(37-25-27-49-45(31-37)41-17-9-11-19-47(41)51(49)39-13-5-3-6-14-39)29-43(33)44-30-36(24-22-34(44)2)38-26-28-50-46(32-38)42-18-10-12-20-48(42)52(50)40-15-7-4-8-16-40;1-7-5-3-2-4-6-7/h3-21,23,25,27,29-32H,22,24,26,28H2,1-2H3;2-6H,1H3. The maximum atomic E-state index is 2.52. The fraction of sp³-hybridized carbons (Fsp3) is 0.123. The van der Waals surface area contributed by atoms with Crippen molar-refractivity contribution in [2.75, 3.05) is 0 Å². The summed E-state index contributed by atoms with van der Waals surface area (Å²) in [5.41, 5.74) is 21.3. The molecule has 0 unspecified atom stereocenters.